The van der Waals surface area contributed by atoms with Gasteiger partial charge in [-0.15, -0.1) is 0 Å². The molecule has 6 heteroatoms. The number of carbonyl (C=O) groups is 2. The Labute approximate surface area is 168 Å². The van der Waals surface area contributed by atoms with Gasteiger partial charge in [0.25, 0.3) is 11.8 Å². The van der Waals surface area contributed by atoms with Crippen LogP contribution in [0.1, 0.15) is 17.3 Å². The molecular formula is C22H19ClN2O3. The van der Waals surface area contributed by atoms with Crippen molar-refractivity contribution in [2.45, 2.75) is 13.0 Å². The topological polar surface area (TPSA) is 67.4 Å². The van der Waals surface area contributed by atoms with Crippen molar-refractivity contribution in [3.63, 3.8) is 0 Å². The van der Waals surface area contributed by atoms with Gasteiger partial charge in [0.2, 0.25) is 0 Å². The molecule has 0 saturated heterocycles. The van der Waals surface area contributed by atoms with Crippen LogP contribution in [0.25, 0.3) is 0 Å². The van der Waals surface area contributed by atoms with Crippen LogP contribution in [-0.4, -0.2) is 17.9 Å². The predicted octanol–water partition coefficient (Wildman–Crippen LogP) is 5.00. The van der Waals surface area contributed by atoms with E-state index in [1.165, 1.54) is 0 Å². The Morgan fingerprint density at radius 1 is 0.821 bits per heavy atom. The van der Waals surface area contributed by atoms with Gasteiger partial charge in [0, 0.05) is 22.0 Å². The highest BCUT2D eigenvalue weighted by molar-refractivity contribution is 6.30. The fourth-order valence-corrected chi connectivity index (χ4v) is 2.57. The van der Waals surface area contributed by atoms with Gasteiger partial charge in [-0.05, 0) is 67.6 Å². The largest absolute Gasteiger partial charge is 0.481 e. The number of carbonyl (C=O) groups excluding carboxylic acids is 2. The molecule has 0 aliphatic carbocycles. The average Bonchev–Trinajstić information content (AvgIpc) is 2.71. The van der Waals surface area contributed by atoms with Crippen LogP contribution < -0.4 is 15.4 Å². The minimum Gasteiger partial charge on any atom is -0.481 e. The quantitative estimate of drug-likeness (QED) is 0.618. The Morgan fingerprint density at radius 3 is 2.00 bits per heavy atom. The van der Waals surface area contributed by atoms with E-state index in [1.807, 2.05) is 6.07 Å². The molecular weight excluding hydrogens is 376 g/mol. The standard InChI is InChI=1S/C22H19ClN2O3/c1-15(28-20-13-7-17(23)8-14-20)21(26)24-18-9-11-19(12-10-18)25-22(27)16-5-3-2-4-6-16/h2-15H,1H3,(H,24,26)(H,25,27)/t15-/m1/s1. The Morgan fingerprint density at radius 2 is 1.39 bits per heavy atom. The van der Waals surface area contributed by atoms with E-state index in [0.717, 1.165) is 0 Å². The third-order valence-electron chi connectivity index (χ3n) is 3.94. The van der Waals surface area contributed by atoms with Crippen molar-refractivity contribution in [3.8, 4) is 5.75 Å². The fourth-order valence-electron chi connectivity index (χ4n) is 2.44. The van der Waals surface area contributed by atoms with Crippen LogP contribution in [0.2, 0.25) is 5.02 Å². The maximum atomic E-state index is 12.3. The van der Waals surface area contributed by atoms with E-state index in [2.05, 4.69) is 10.6 Å². The number of anilines is 2. The van der Waals surface area contributed by atoms with Crippen molar-refractivity contribution < 1.29 is 14.3 Å². The molecule has 0 bridgehead atoms. The predicted molar refractivity (Wildman–Crippen MR) is 111 cm³/mol. The lowest BCUT2D eigenvalue weighted by atomic mass is 10.2. The summed E-state index contributed by atoms with van der Waals surface area (Å²) >= 11 is 5.84. The van der Waals surface area contributed by atoms with Crippen LogP contribution in [0, 0.1) is 0 Å². The number of benzene rings is 3. The Bertz CT molecular complexity index is 942. The number of halogens is 1. The summed E-state index contributed by atoms with van der Waals surface area (Å²) in [5.41, 5.74) is 1.82. The molecule has 0 aliphatic rings. The third kappa shape index (κ3) is 5.34. The van der Waals surface area contributed by atoms with E-state index < -0.39 is 6.10 Å². The molecule has 0 aromatic heterocycles. The van der Waals surface area contributed by atoms with E-state index >= 15 is 0 Å². The lowest BCUT2D eigenvalue weighted by molar-refractivity contribution is -0.122. The van der Waals surface area contributed by atoms with Crippen LogP contribution in [0.4, 0.5) is 11.4 Å². The van der Waals surface area contributed by atoms with Gasteiger partial charge in [-0.1, -0.05) is 29.8 Å². The first kappa shape index (κ1) is 19.5. The smallest absolute Gasteiger partial charge is 0.265 e. The van der Waals surface area contributed by atoms with Gasteiger partial charge in [0.15, 0.2) is 6.10 Å². The lowest BCUT2D eigenvalue weighted by Gasteiger charge is -2.15. The first-order chi connectivity index (χ1) is 13.5. The summed E-state index contributed by atoms with van der Waals surface area (Å²) in [6.07, 6.45) is -0.682. The highest BCUT2D eigenvalue weighted by atomic mass is 35.5. The van der Waals surface area contributed by atoms with E-state index in [4.69, 9.17) is 16.3 Å². The zero-order chi connectivity index (χ0) is 19.9. The van der Waals surface area contributed by atoms with Gasteiger partial charge in [0.1, 0.15) is 5.75 Å². The van der Waals surface area contributed by atoms with Gasteiger partial charge in [-0.2, -0.15) is 0 Å². The van der Waals surface area contributed by atoms with E-state index in [9.17, 15) is 9.59 Å². The second-order valence-corrected chi connectivity index (χ2v) is 6.54. The van der Waals surface area contributed by atoms with Crippen molar-refractivity contribution in [1.29, 1.82) is 0 Å². The van der Waals surface area contributed by atoms with E-state index in [0.29, 0.717) is 27.7 Å². The van der Waals surface area contributed by atoms with Crippen LogP contribution in [-0.2, 0) is 4.79 Å². The summed E-state index contributed by atoms with van der Waals surface area (Å²) in [5, 5.41) is 6.20. The minimum absolute atomic E-state index is 0.192. The number of hydrogen-bond donors (Lipinski definition) is 2. The zero-order valence-corrected chi connectivity index (χ0v) is 15.9. The summed E-state index contributed by atoms with van der Waals surface area (Å²) in [4.78, 5) is 24.5. The minimum atomic E-state index is -0.682. The second-order valence-electron chi connectivity index (χ2n) is 6.10. The molecule has 2 amide bonds. The Kier molecular flexibility index (Phi) is 6.29. The van der Waals surface area contributed by atoms with Gasteiger partial charge in [-0.3, -0.25) is 9.59 Å². The summed E-state index contributed by atoms with van der Waals surface area (Å²) in [7, 11) is 0. The van der Waals surface area contributed by atoms with Crippen molar-refractivity contribution in [3.05, 3.63) is 89.4 Å². The molecule has 0 aliphatic heterocycles. The molecule has 0 fully saturated rings. The first-order valence-electron chi connectivity index (χ1n) is 8.71. The molecule has 0 unspecified atom stereocenters. The molecule has 1 atom stereocenters. The normalized spacial score (nSPS) is 11.4. The highest BCUT2D eigenvalue weighted by Gasteiger charge is 2.15. The van der Waals surface area contributed by atoms with Crippen molar-refractivity contribution >= 4 is 34.8 Å². The molecule has 28 heavy (non-hydrogen) atoms. The summed E-state index contributed by atoms with van der Waals surface area (Å²) in [6, 6.07) is 22.6. The molecule has 0 spiro atoms. The van der Waals surface area contributed by atoms with Crippen molar-refractivity contribution in [1.82, 2.24) is 0 Å². The highest BCUT2D eigenvalue weighted by Crippen LogP contribution is 2.18. The lowest BCUT2D eigenvalue weighted by Crippen LogP contribution is -2.30. The van der Waals surface area contributed by atoms with Crippen LogP contribution in [0.3, 0.4) is 0 Å². The molecule has 0 heterocycles. The number of hydrogen-bond acceptors (Lipinski definition) is 3. The number of ether oxygens (including phenoxy) is 1. The molecule has 0 saturated carbocycles. The van der Waals surface area contributed by atoms with Gasteiger partial charge in [0.05, 0.1) is 0 Å². The number of nitrogens with one attached hydrogen (secondary N) is 2. The van der Waals surface area contributed by atoms with Gasteiger partial charge in [-0.25, -0.2) is 0 Å². The fraction of sp³-hybridized carbons (Fsp3) is 0.0909. The summed E-state index contributed by atoms with van der Waals surface area (Å²) in [6.45, 7) is 1.67. The molecule has 3 aromatic carbocycles. The van der Waals surface area contributed by atoms with Crippen LogP contribution in [0.5, 0.6) is 5.75 Å². The number of amides is 2. The number of rotatable bonds is 6. The van der Waals surface area contributed by atoms with E-state index in [-0.39, 0.29) is 11.8 Å². The van der Waals surface area contributed by atoms with Crippen molar-refractivity contribution in [2.75, 3.05) is 10.6 Å². The maximum Gasteiger partial charge on any atom is 0.265 e. The second kappa shape index (κ2) is 9.06. The molecule has 3 aromatic rings. The van der Waals surface area contributed by atoms with Gasteiger partial charge >= 0.3 is 0 Å². The van der Waals surface area contributed by atoms with Crippen LogP contribution in [0.15, 0.2) is 78.9 Å². The van der Waals surface area contributed by atoms with Crippen LogP contribution >= 0.6 is 11.6 Å². The molecule has 5 nitrogen and oxygen atoms in total. The first-order valence-corrected chi connectivity index (χ1v) is 9.08. The maximum absolute atomic E-state index is 12.3. The Hall–Kier alpha value is -3.31. The van der Waals surface area contributed by atoms with Crippen molar-refractivity contribution in [2.24, 2.45) is 0 Å². The average molecular weight is 395 g/mol. The molecule has 3 rings (SSSR count). The molecule has 142 valence electrons. The summed E-state index contributed by atoms with van der Waals surface area (Å²) in [5.74, 6) is 0.0874. The third-order valence-corrected chi connectivity index (χ3v) is 4.19. The summed E-state index contributed by atoms with van der Waals surface area (Å²) < 4.78 is 5.60. The monoisotopic (exact) mass is 394 g/mol. The molecule has 0 radical (unpaired) electrons. The molecule has 2 N–H and O–H groups in total. The van der Waals surface area contributed by atoms with Gasteiger partial charge < -0.3 is 15.4 Å². The zero-order valence-electron chi connectivity index (χ0n) is 15.2. The SMILES string of the molecule is C[C@@H](Oc1ccc(Cl)cc1)C(=O)Nc1ccc(NC(=O)c2ccccc2)cc1. The van der Waals surface area contributed by atoms with E-state index in [1.54, 1.807) is 79.7 Å². The Balaban J connectivity index is 1.55.